The average molecular weight is 385 g/mol. The fourth-order valence-electron chi connectivity index (χ4n) is 3.35. The zero-order valence-corrected chi connectivity index (χ0v) is 17.3. The summed E-state index contributed by atoms with van der Waals surface area (Å²) in [7, 11) is 2.10. The normalized spacial score (nSPS) is 15.6. The molecule has 1 aromatic carbocycles. The van der Waals surface area contributed by atoms with Crippen LogP contribution >= 0.6 is 0 Å². The van der Waals surface area contributed by atoms with E-state index in [0.717, 1.165) is 49.4 Å². The summed E-state index contributed by atoms with van der Waals surface area (Å²) < 4.78 is 11.1. The van der Waals surface area contributed by atoms with Crippen LogP contribution in [0.5, 0.6) is 0 Å². The molecule has 28 heavy (non-hydrogen) atoms. The van der Waals surface area contributed by atoms with Crippen LogP contribution in [0.2, 0.25) is 0 Å². The van der Waals surface area contributed by atoms with Crippen LogP contribution in [0.3, 0.4) is 0 Å². The smallest absolute Gasteiger partial charge is 0.226 e. The molecule has 1 aromatic heterocycles. The van der Waals surface area contributed by atoms with Gasteiger partial charge in [0.25, 0.3) is 0 Å². The Labute approximate surface area is 168 Å². The Kier molecular flexibility index (Phi) is 7.48. The number of aromatic nitrogens is 1. The summed E-state index contributed by atoms with van der Waals surface area (Å²) in [4.78, 5) is 11.5. The van der Waals surface area contributed by atoms with E-state index in [1.54, 1.807) is 6.26 Å². The van der Waals surface area contributed by atoms with Crippen molar-refractivity contribution in [2.45, 2.75) is 39.7 Å². The molecule has 1 aliphatic heterocycles. The number of hydrogen-bond acceptors (Lipinski definition) is 4. The highest BCUT2D eigenvalue weighted by Gasteiger charge is 2.15. The van der Waals surface area contributed by atoms with Crippen molar-refractivity contribution >= 4 is 5.96 Å². The third-order valence-electron chi connectivity index (χ3n) is 5.15. The van der Waals surface area contributed by atoms with Crippen molar-refractivity contribution in [1.82, 2.24) is 15.2 Å². The Bertz CT molecular complexity index is 748. The monoisotopic (exact) mass is 384 g/mol. The lowest BCUT2D eigenvalue weighted by Gasteiger charge is -2.26. The average Bonchev–Trinajstić information content (AvgIpc) is 3.19. The van der Waals surface area contributed by atoms with Crippen LogP contribution < -0.4 is 5.32 Å². The fraction of sp³-hybridized carbons (Fsp3) is 0.545. The molecule has 0 unspecified atom stereocenters. The van der Waals surface area contributed by atoms with Crippen LogP contribution in [-0.2, 0) is 11.3 Å². The molecule has 0 spiro atoms. The van der Waals surface area contributed by atoms with E-state index in [1.807, 2.05) is 12.1 Å². The van der Waals surface area contributed by atoms with Crippen molar-refractivity contribution in [3.8, 4) is 11.5 Å². The third-order valence-corrected chi connectivity index (χ3v) is 5.15. The number of nitrogens with zero attached hydrogens (tertiary/aromatic N) is 3. The molecule has 0 radical (unpaired) electrons. The Morgan fingerprint density at radius 3 is 2.71 bits per heavy atom. The summed E-state index contributed by atoms with van der Waals surface area (Å²) >= 11 is 0. The van der Waals surface area contributed by atoms with Crippen molar-refractivity contribution < 1.29 is 9.15 Å². The molecule has 2 heterocycles. The molecule has 6 heteroatoms. The molecule has 0 bridgehead atoms. The second-order valence-corrected chi connectivity index (χ2v) is 7.45. The first-order chi connectivity index (χ1) is 13.7. The van der Waals surface area contributed by atoms with Crippen molar-refractivity contribution in [2.75, 3.05) is 33.4 Å². The molecule has 0 saturated carbocycles. The standard InChI is InChI=1S/C22H32N4O2/c1-4-23-22(26(3)12-9-18-10-13-27-14-11-18)24-15-20-16-28-21(25-20)19-7-5-17(2)6-8-19/h5-8,16,18H,4,9-15H2,1-3H3,(H,23,24). The van der Waals surface area contributed by atoms with Gasteiger partial charge in [-0.25, -0.2) is 9.98 Å². The summed E-state index contributed by atoms with van der Waals surface area (Å²) in [5.41, 5.74) is 3.05. The first-order valence-corrected chi connectivity index (χ1v) is 10.2. The van der Waals surface area contributed by atoms with Crippen LogP contribution in [0.15, 0.2) is 39.9 Å². The van der Waals surface area contributed by atoms with Gasteiger partial charge >= 0.3 is 0 Å². The van der Waals surface area contributed by atoms with Crippen LogP contribution in [0.1, 0.15) is 37.4 Å². The number of rotatable bonds is 7. The van der Waals surface area contributed by atoms with E-state index in [-0.39, 0.29) is 0 Å². The Morgan fingerprint density at radius 2 is 2.00 bits per heavy atom. The van der Waals surface area contributed by atoms with Gasteiger partial charge in [0.1, 0.15) is 12.0 Å². The van der Waals surface area contributed by atoms with Crippen molar-refractivity contribution in [3.63, 3.8) is 0 Å². The maximum Gasteiger partial charge on any atom is 0.226 e. The highest BCUT2D eigenvalue weighted by atomic mass is 16.5. The van der Waals surface area contributed by atoms with Gasteiger partial charge in [-0.1, -0.05) is 17.7 Å². The summed E-state index contributed by atoms with van der Waals surface area (Å²) in [6, 6.07) is 8.19. The summed E-state index contributed by atoms with van der Waals surface area (Å²) in [5, 5.41) is 3.38. The molecular weight excluding hydrogens is 352 g/mol. The zero-order chi connectivity index (χ0) is 19.8. The lowest BCUT2D eigenvalue weighted by molar-refractivity contribution is 0.0625. The molecule has 1 fully saturated rings. The minimum absolute atomic E-state index is 0.499. The molecule has 1 saturated heterocycles. The lowest BCUT2D eigenvalue weighted by Crippen LogP contribution is -2.40. The predicted molar refractivity (Wildman–Crippen MR) is 112 cm³/mol. The first-order valence-electron chi connectivity index (χ1n) is 10.2. The number of aryl methyl sites for hydroxylation is 1. The maximum absolute atomic E-state index is 5.64. The molecule has 0 amide bonds. The molecule has 152 valence electrons. The second-order valence-electron chi connectivity index (χ2n) is 7.45. The third kappa shape index (κ3) is 5.83. The Hall–Kier alpha value is -2.34. The van der Waals surface area contributed by atoms with E-state index in [9.17, 15) is 0 Å². The van der Waals surface area contributed by atoms with Gasteiger partial charge in [-0.3, -0.25) is 0 Å². The minimum Gasteiger partial charge on any atom is -0.444 e. The SMILES string of the molecule is CCNC(=NCc1coc(-c2ccc(C)cc2)n1)N(C)CCC1CCOCC1. The molecule has 2 aromatic rings. The minimum atomic E-state index is 0.499. The van der Waals surface area contributed by atoms with Gasteiger partial charge in [0.2, 0.25) is 5.89 Å². The summed E-state index contributed by atoms with van der Waals surface area (Å²) in [5.74, 6) is 2.31. The van der Waals surface area contributed by atoms with Gasteiger partial charge in [-0.2, -0.15) is 0 Å². The van der Waals surface area contributed by atoms with Crippen LogP contribution in [0.4, 0.5) is 0 Å². The largest absolute Gasteiger partial charge is 0.444 e. The van der Waals surface area contributed by atoms with Crippen molar-refractivity contribution in [2.24, 2.45) is 10.9 Å². The molecule has 0 aliphatic carbocycles. The van der Waals surface area contributed by atoms with Gasteiger partial charge in [-0.05, 0) is 51.2 Å². The highest BCUT2D eigenvalue weighted by molar-refractivity contribution is 5.79. The summed E-state index contributed by atoms with van der Waals surface area (Å²) in [6.45, 7) is 8.29. The van der Waals surface area contributed by atoms with Gasteiger partial charge in [0.05, 0.1) is 6.54 Å². The highest BCUT2D eigenvalue weighted by Crippen LogP contribution is 2.20. The van der Waals surface area contributed by atoms with E-state index in [2.05, 4.69) is 48.2 Å². The van der Waals surface area contributed by atoms with Gasteiger partial charge in [0.15, 0.2) is 5.96 Å². The van der Waals surface area contributed by atoms with E-state index in [4.69, 9.17) is 14.1 Å². The number of aliphatic imine (C=N–C) groups is 1. The van der Waals surface area contributed by atoms with Crippen LogP contribution in [0, 0.1) is 12.8 Å². The number of nitrogens with one attached hydrogen (secondary N) is 1. The number of benzene rings is 1. The Balaban J connectivity index is 1.58. The van der Waals surface area contributed by atoms with Gasteiger partial charge < -0.3 is 19.4 Å². The summed E-state index contributed by atoms with van der Waals surface area (Å²) in [6.07, 6.45) is 5.21. The van der Waals surface area contributed by atoms with E-state index >= 15 is 0 Å². The van der Waals surface area contributed by atoms with Crippen molar-refractivity contribution in [3.05, 3.63) is 41.8 Å². The second kappa shape index (κ2) is 10.3. The molecule has 1 aliphatic rings. The van der Waals surface area contributed by atoms with Crippen LogP contribution in [-0.4, -0.2) is 49.2 Å². The molecular formula is C22H32N4O2. The van der Waals surface area contributed by atoms with E-state index < -0.39 is 0 Å². The first kappa shape index (κ1) is 20.4. The lowest BCUT2D eigenvalue weighted by atomic mass is 9.96. The Morgan fingerprint density at radius 1 is 1.25 bits per heavy atom. The van der Waals surface area contributed by atoms with E-state index in [1.165, 1.54) is 24.8 Å². The topological polar surface area (TPSA) is 62.9 Å². The fourth-order valence-corrected chi connectivity index (χ4v) is 3.35. The maximum atomic E-state index is 5.64. The van der Waals surface area contributed by atoms with Crippen LogP contribution in [0.25, 0.3) is 11.5 Å². The van der Waals surface area contributed by atoms with E-state index in [0.29, 0.717) is 12.4 Å². The molecule has 0 atom stereocenters. The number of ether oxygens (including phenoxy) is 1. The molecule has 6 nitrogen and oxygen atoms in total. The van der Waals surface area contributed by atoms with Gasteiger partial charge in [-0.15, -0.1) is 0 Å². The predicted octanol–water partition coefficient (Wildman–Crippen LogP) is 3.86. The molecule has 1 N–H and O–H groups in total. The molecule has 3 rings (SSSR count). The quantitative estimate of drug-likeness (QED) is 0.580. The number of guanidine groups is 1. The number of oxazole rings is 1. The zero-order valence-electron chi connectivity index (χ0n) is 17.3. The van der Waals surface area contributed by atoms with Crippen molar-refractivity contribution in [1.29, 1.82) is 0 Å². The van der Waals surface area contributed by atoms with Gasteiger partial charge in [0, 0.05) is 38.9 Å². The number of hydrogen-bond donors (Lipinski definition) is 1.